The van der Waals surface area contributed by atoms with Gasteiger partial charge in [0, 0.05) is 28.4 Å². The molecule has 98 valence electrons. The van der Waals surface area contributed by atoms with E-state index in [2.05, 4.69) is 27.0 Å². The van der Waals surface area contributed by atoms with Crippen molar-refractivity contribution in [2.24, 2.45) is 0 Å². The van der Waals surface area contributed by atoms with Crippen molar-refractivity contribution in [2.75, 3.05) is 5.73 Å². The van der Waals surface area contributed by atoms with Crippen LogP contribution in [0.3, 0.4) is 0 Å². The average molecular weight is 362 g/mol. The summed E-state index contributed by atoms with van der Waals surface area (Å²) in [5.74, 6) is 0. The molecule has 6 heteroatoms. The van der Waals surface area contributed by atoms with Gasteiger partial charge < -0.3 is 5.73 Å². The summed E-state index contributed by atoms with van der Waals surface area (Å²) in [6.07, 6.45) is 3.49. The summed E-state index contributed by atoms with van der Waals surface area (Å²) in [7, 11) is 0. The molecule has 3 nitrogen and oxygen atoms in total. The second-order valence-electron chi connectivity index (χ2n) is 4.01. The van der Waals surface area contributed by atoms with Crippen molar-refractivity contribution in [2.45, 2.75) is 0 Å². The van der Waals surface area contributed by atoms with Crippen LogP contribution in [-0.4, -0.2) is 4.98 Å². The Bertz CT molecular complexity index is 800. The lowest BCUT2D eigenvalue weighted by Gasteiger charge is -2.03. The molecule has 0 amide bonds. The van der Waals surface area contributed by atoms with Crippen molar-refractivity contribution in [3.63, 3.8) is 0 Å². The molecule has 3 aromatic rings. The number of hydrogen-bond acceptors (Lipinski definition) is 5. The van der Waals surface area contributed by atoms with Crippen molar-refractivity contribution >= 4 is 44.3 Å². The van der Waals surface area contributed by atoms with Crippen LogP contribution in [0.1, 0.15) is 4.88 Å². The summed E-state index contributed by atoms with van der Waals surface area (Å²) in [5, 5.41) is 9.21. The maximum atomic E-state index is 9.21. The zero-order valence-corrected chi connectivity index (χ0v) is 13.3. The Balaban J connectivity index is 2.28. The highest BCUT2D eigenvalue weighted by Crippen LogP contribution is 2.47. The minimum absolute atomic E-state index is 0.532. The molecular weight excluding hydrogens is 354 g/mol. The zero-order chi connectivity index (χ0) is 14.1. The normalized spacial score (nSPS) is 10.4. The number of nitrogen functional groups attached to an aromatic ring is 1. The number of thiophene rings is 2. The Morgan fingerprint density at radius 2 is 2.10 bits per heavy atom. The number of pyridine rings is 1. The largest absolute Gasteiger partial charge is 0.396 e. The van der Waals surface area contributed by atoms with Gasteiger partial charge in [-0.05, 0) is 34.1 Å². The minimum Gasteiger partial charge on any atom is -0.396 e. The van der Waals surface area contributed by atoms with Gasteiger partial charge in [-0.2, -0.15) is 5.26 Å². The first-order valence-electron chi connectivity index (χ1n) is 5.69. The summed E-state index contributed by atoms with van der Waals surface area (Å²) in [6.45, 7) is 0. The first-order valence-corrected chi connectivity index (χ1v) is 8.11. The third-order valence-corrected chi connectivity index (χ3v) is 5.71. The molecule has 2 N–H and O–H groups in total. The molecule has 20 heavy (non-hydrogen) atoms. The van der Waals surface area contributed by atoms with Crippen molar-refractivity contribution in [1.29, 1.82) is 5.26 Å². The van der Waals surface area contributed by atoms with E-state index in [9.17, 15) is 5.26 Å². The topological polar surface area (TPSA) is 62.7 Å². The highest BCUT2D eigenvalue weighted by Gasteiger charge is 2.19. The van der Waals surface area contributed by atoms with Crippen LogP contribution < -0.4 is 5.73 Å². The number of nitrogens with zero attached hydrogens (tertiary/aromatic N) is 2. The molecule has 0 saturated heterocycles. The van der Waals surface area contributed by atoms with Gasteiger partial charge in [0.25, 0.3) is 0 Å². The Morgan fingerprint density at radius 3 is 2.70 bits per heavy atom. The predicted octanol–water partition coefficient (Wildman–Crippen LogP) is 4.75. The third-order valence-electron chi connectivity index (χ3n) is 2.79. The van der Waals surface area contributed by atoms with Crippen LogP contribution in [0.4, 0.5) is 5.69 Å². The van der Waals surface area contributed by atoms with E-state index in [4.69, 9.17) is 5.73 Å². The van der Waals surface area contributed by atoms with Gasteiger partial charge >= 0.3 is 0 Å². The molecule has 0 spiro atoms. The number of anilines is 1. The van der Waals surface area contributed by atoms with Crippen LogP contribution in [0.25, 0.3) is 20.9 Å². The highest BCUT2D eigenvalue weighted by atomic mass is 79.9. The minimum atomic E-state index is 0.532. The van der Waals surface area contributed by atoms with Crippen LogP contribution in [0, 0.1) is 11.3 Å². The van der Waals surface area contributed by atoms with Gasteiger partial charge in [-0.15, -0.1) is 22.7 Å². The van der Waals surface area contributed by atoms with E-state index in [1.165, 1.54) is 11.3 Å². The second-order valence-corrected chi connectivity index (χ2v) is 7.49. The van der Waals surface area contributed by atoms with Crippen LogP contribution in [0.5, 0.6) is 0 Å². The van der Waals surface area contributed by atoms with Crippen molar-refractivity contribution in [1.82, 2.24) is 4.98 Å². The van der Waals surface area contributed by atoms with Crippen LogP contribution in [0.2, 0.25) is 0 Å². The van der Waals surface area contributed by atoms with Gasteiger partial charge in [-0.25, -0.2) is 0 Å². The first kappa shape index (κ1) is 13.3. The molecule has 0 saturated carbocycles. The summed E-state index contributed by atoms with van der Waals surface area (Å²) >= 11 is 6.51. The van der Waals surface area contributed by atoms with Crippen LogP contribution >= 0.6 is 38.6 Å². The first-order chi connectivity index (χ1) is 9.70. The number of aromatic nitrogens is 1. The lowest BCUT2D eigenvalue weighted by atomic mass is 10.1. The molecule has 3 aromatic heterocycles. The van der Waals surface area contributed by atoms with E-state index in [1.54, 1.807) is 23.7 Å². The Hall–Kier alpha value is -1.68. The fraction of sp³-hybridized carbons (Fsp3) is 0. The molecular formula is C14H8BrN3S2. The smallest absolute Gasteiger partial charge is 0.129 e. The lowest BCUT2D eigenvalue weighted by Crippen LogP contribution is -1.89. The Labute approximate surface area is 132 Å². The third kappa shape index (κ3) is 2.24. The predicted molar refractivity (Wildman–Crippen MR) is 87.7 cm³/mol. The molecule has 0 bridgehead atoms. The summed E-state index contributed by atoms with van der Waals surface area (Å²) in [4.78, 5) is 6.79. The standard InChI is InChI=1S/C14H8BrN3S2/c15-11-4-3-9(19-11)14-12(8-2-1-5-18-7-8)13(17)10(6-16)20-14/h1-5,7H,17H2. The summed E-state index contributed by atoms with van der Waals surface area (Å²) in [5.41, 5.74) is 8.51. The Morgan fingerprint density at radius 1 is 1.25 bits per heavy atom. The molecule has 0 radical (unpaired) electrons. The van der Waals surface area contributed by atoms with Gasteiger partial charge in [0.1, 0.15) is 10.9 Å². The van der Waals surface area contributed by atoms with Gasteiger partial charge in [-0.3, -0.25) is 4.98 Å². The lowest BCUT2D eigenvalue weighted by molar-refractivity contribution is 1.33. The zero-order valence-electron chi connectivity index (χ0n) is 10.1. The molecule has 3 rings (SSSR count). The van der Waals surface area contributed by atoms with Gasteiger partial charge in [0.05, 0.1) is 14.4 Å². The van der Waals surface area contributed by atoms with E-state index >= 15 is 0 Å². The van der Waals surface area contributed by atoms with Crippen molar-refractivity contribution < 1.29 is 0 Å². The maximum Gasteiger partial charge on any atom is 0.129 e. The van der Waals surface area contributed by atoms with Gasteiger partial charge in [0.2, 0.25) is 0 Å². The molecule has 0 unspecified atom stereocenters. The van der Waals surface area contributed by atoms with E-state index in [0.29, 0.717) is 10.6 Å². The fourth-order valence-electron chi connectivity index (χ4n) is 1.93. The van der Waals surface area contributed by atoms with E-state index in [1.807, 2.05) is 24.3 Å². The van der Waals surface area contributed by atoms with Crippen LogP contribution in [0.15, 0.2) is 40.4 Å². The fourth-order valence-corrected chi connectivity index (χ4v) is 4.48. The van der Waals surface area contributed by atoms with E-state index in [0.717, 1.165) is 24.7 Å². The SMILES string of the molecule is N#Cc1sc(-c2ccc(Br)s2)c(-c2cccnc2)c1N. The molecule has 0 atom stereocenters. The molecule has 0 aliphatic rings. The molecule has 0 fully saturated rings. The average Bonchev–Trinajstić information content (AvgIpc) is 3.03. The van der Waals surface area contributed by atoms with Crippen LogP contribution in [-0.2, 0) is 0 Å². The maximum absolute atomic E-state index is 9.21. The second kappa shape index (κ2) is 5.37. The van der Waals surface area contributed by atoms with Gasteiger partial charge in [0.15, 0.2) is 0 Å². The number of rotatable bonds is 2. The van der Waals surface area contributed by atoms with E-state index in [-0.39, 0.29) is 0 Å². The van der Waals surface area contributed by atoms with Crippen molar-refractivity contribution in [3.05, 3.63) is 45.3 Å². The van der Waals surface area contributed by atoms with Gasteiger partial charge in [-0.1, -0.05) is 6.07 Å². The summed E-state index contributed by atoms with van der Waals surface area (Å²) < 4.78 is 1.05. The monoisotopic (exact) mass is 361 g/mol. The highest BCUT2D eigenvalue weighted by molar-refractivity contribution is 9.11. The molecule has 0 aromatic carbocycles. The molecule has 0 aliphatic carbocycles. The number of halogens is 1. The quantitative estimate of drug-likeness (QED) is 0.715. The van der Waals surface area contributed by atoms with E-state index < -0.39 is 0 Å². The molecule has 0 aliphatic heterocycles. The number of nitriles is 1. The summed E-state index contributed by atoms with van der Waals surface area (Å²) in [6, 6.07) is 10.0. The molecule has 3 heterocycles. The van der Waals surface area contributed by atoms with Crippen molar-refractivity contribution in [3.8, 4) is 27.0 Å². The Kier molecular flexibility index (Phi) is 3.57. The number of nitrogens with two attached hydrogens (primary N) is 1. The number of hydrogen-bond donors (Lipinski definition) is 1.